The molecule has 1 fully saturated rings. The van der Waals surface area contributed by atoms with Crippen LogP contribution in [0.5, 0.6) is 0 Å². The molecular weight excluding hydrogens is 506 g/mol. The molecule has 2 aromatic carbocycles. The van der Waals surface area contributed by atoms with Crippen LogP contribution >= 0.6 is 11.3 Å². The van der Waals surface area contributed by atoms with Gasteiger partial charge >= 0.3 is 0 Å². The van der Waals surface area contributed by atoms with Crippen molar-refractivity contribution in [2.45, 2.75) is 36.3 Å². The summed E-state index contributed by atoms with van der Waals surface area (Å²) in [5, 5.41) is 7.30. The maximum absolute atomic E-state index is 12.9. The lowest BCUT2D eigenvalue weighted by Crippen LogP contribution is -2.15. The first kappa shape index (κ1) is 23.5. The largest absolute Gasteiger partial charge is 0.326 e. The molecule has 8 nitrogen and oxygen atoms in total. The van der Waals surface area contributed by atoms with Crippen molar-refractivity contribution in [2.75, 3.05) is 5.32 Å². The zero-order valence-corrected chi connectivity index (χ0v) is 21.6. The third-order valence-corrected chi connectivity index (χ3v) is 9.32. The second-order valence-electron chi connectivity index (χ2n) is 9.10. The van der Waals surface area contributed by atoms with E-state index in [4.69, 9.17) is 5.10 Å². The molecule has 3 aromatic heterocycles. The first-order valence-electron chi connectivity index (χ1n) is 11.9. The van der Waals surface area contributed by atoms with Crippen molar-refractivity contribution in [3.63, 3.8) is 0 Å². The predicted octanol–water partition coefficient (Wildman–Crippen LogP) is 4.97. The average Bonchev–Trinajstić information content (AvgIpc) is 3.51. The molecule has 0 atom stereocenters. The second-order valence-corrected chi connectivity index (χ2v) is 12.2. The zero-order chi connectivity index (χ0) is 25.6. The lowest BCUT2D eigenvalue weighted by molar-refractivity contribution is -0.115. The van der Waals surface area contributed by atoms with Crippen LogP contribution in [0.2, 0.25) is 0 Å². The summed E-state index contributed by atoms with van der Waals surface area (Å²) >= 11 is 1.57. The van der Waals surface area contributed by atoms with Crippen LogP contribution < -0.4 is 5.32 Å². The Balaban J connectivity index is 1.27. The van der Waals surface area contributed by atoms with Crippen molar-refractivity contribution < 1.29 is 13.2 Å². The SMILES string of the molecule is Cc1cccc(-n2nc(CC(=O)Nc3ccc(S(=O)(=O)C4CC4)cc3)cc2-c2ccc3ncsc3c2)n1. The van der Waals surface area contributed by atoms with E-state index in [2.05, 4.69) is 21.4 Å². The van der Waals surface area contributed by atoms with E-state index in [0.29, 0.717) is 34.9 Å². The van der Waals surface area contributed by atoms with Crippen LogP contribution in [0.15, 0.2) is 77.1 Å². The van der Waals surface area contributed by atoms with Gasteiger partial charge in [0.15, 0.2) is 15.7 Å². The maximum atomic E-state index is 12.9. The summed E-state index contributed by atoms with van der Waals surface area (Å²) in [7, 11) is -3.26. The van der Waals surface area contributed by atoms with Gasteiger partial charge in [-0.15, -0.1) is 11.3 Å². The predicted molar refractivity (Wildman–Crippen MR) is 144 cm³/mol. The van der Waals surface area contributed by atoms with Gasteiger partial charge < -0.3 is 5.32 Å². The number of hydrogen-bond acceptors (Lipinski definition) is 7. The quantitative estimate of drug-likeness (QED) is 0.319. The Hall–Kier alpha value is -3.89. The number of nitrogens with one attached hydrogen (secondary N) is 1. The third-order valence-electron chi connectivity index (χ3n) is 6.25. The first-order valence-corrected chi connectivity index (χ1v) is 14.3. The number of carbonyl (C=O) groups excluding carboxylic acids is 1. The molecule has 1 aliphatic carbocycles. The summed E-state index contributed by atoms with van der Waals surface area (Å²) in [6.45, 7) is 1.92. The van der Waals surface area contributed by atoms with Crippen molar-refractivity contribution in [3.8, 4) is 17.1 Å². The van der Waals surface area contributed by atoms with Gasteiger partial charge in [0.05, 0.1) is 43.7 Å². The molecule has 1 N–H and O–H groups in total. The van der Waals surface area contributed by atoms with Crippen LogP contribution in [-0.2, 0) is 21.1 Å². The van der Waals surface area contributed by atoms with Gasteiger partial charge in [0.25, 0.3) is 0 Å². The molecule has 0 saturated heterocycles. The van der Waals surface area contributed by atoms with Gasteiger partial charge in [-0.3, -0.25) is 4.79 Å². The zero-order valence-electron chi connectivity index (χ0n) is 20.0. The summed E-state index contributed by atoms with van der Waals surface area (Å²) in [6.07, 6.45) is 1.48. The lowest BCUT2D eigenvalue weighted by atomic mass is 10.1. The first-order chi connectivity index (χ1) is 17.9. The summed E-state index contributed by atoms with van der Waals surface area (Å²) in [5.74, 6) is 0.419. The van der Waals surface area contributed by atoms with E-state index in [9.17, 15) is 13.2 Å². The van der Waals surface area contributed by atoms with Crippen molar-refractivity contribution in [1.82, 2.24) is 19.7 Å². The van der Waals surface area contributed by atoms with Gasteiger partial charge in [-0.1, -0.05) is 12.1 Å². The van der Waals surface area contributed by atoms with Gasteiger partial charge in [0.1, 0.15) is 0 Å². The minimum Gasteiger partial charge on any atom is -0.326 e. The highest BCUT2D eigenvalue weighted by Gasteiger charge is 2.36. The third kappa shape index (κ3) is 4.77. The fourth-order valence-corrected chi connectivity index (χ4v) is 6.60. The van der Waals surface area contributed by atoms with E-state index >= 15 is 0 Å². The molecule has 1 saturated carbocycles. The fraction of sp³-hybridized carbons (Fsp3) is 0.185. The van der Waals surface area contributed by atoms with E-state index < -0.39 is 9.84 Å². The molecular formula is C27H23N5O3S2. The number of thiazole rings is 1. The van der Waals surface area contributed by atoms with E-state index in [1.807, 2.05) is 48.8 Å². The number of hydrogen-bond donors (Lipinski definition) is 1. The molecule has 0 aliphatic heterocycles. The number of amides is 1. The highest BCUT2D eigenvalue weighted by atomic mass is 32.2. The molecule has 0 unspecified atom stereocenters. The summed E-state index contributed by atoms with van der Waals surface area (Å²) in [5.41, 5.74) is 6.52. The number of anilines is 1. The van der Waals surface area contributed by atoms with Crippen molar-refractivity contribution in [3.05, 3.63) is 83.6 Å². The van der Waals surface area contributed by atoms with Gasteiger partial charge in [-0.2, -0.15) is 5.10 Å². The van der Waals surface area contributed by atoms with E-state index in [1.165, 1.54) is 0 Å². The molecule has 10 heteroatoms. The molecule has 0 bridgehead atoms. The molecule has 1 amide bonds. The van der Waals surface area contributed by atoms with E-state index in [-0.39, 0.29) is 17.6 Å². The van der Waals surface area contributed by atoms with Gasteiger partial charge in [-0.05, 0) is 74.4 Å². The number of aryl methyl sites for hydroxylation is 1. The van der Waals surface area contributed by atoms with Crippen LogP contribution in [-0.4, -0.2) is 39.3 Å². The molecule has 0 radical (unpaired) electrons. The monoisotopic (exact) mass is 529 g/mol. The number of rotatable bonds is 7. The fourth-order valence-electron chi connectivity index (χ4n) is 4.23. The van der Waals surface area contributed by atoms with Gasteiger partial charge in [0, 0.05) is 16.9 Å². The van der Waals surface area contributed by atoms with Crippen LogP contribution in [0.1, 0.15) is 24.2 Å². The summed E-state index contributed by atoms with van der Waals surface area (Å²) < 4.78 is 27.6. The van der Waals surface area contributed by atoms with E-state index in [1.54, 1.807) is 40.3 Å². The number of fused-ring (bicyclic) bond motifs is 1. The number of nitrogens with zero attached hydrogens (tertiary/aromatic N) is 4. The van der Waals surface area contributed by atoms with Crippen molar-refractivity contribution in [2.24, 2.45) is 0 Å². The Labute approximate surface area is 217 Å². The normalized spacial score (nSPS) is 13.6. The van der Waals surface area contributed by atoms with Crippen LogP contribution in [0.4, 0.5) is 5.69 Å². The van der Waals surface area contributed by atoms with Crippen LogP contribution in [0.25, 0.3) is 27.3 Å². The maximum Gasteiger partial charge on any atom is 0.230 e. The molecule has 0 spiro atoms. The highest BCUT2D eigenvalue weighted by Crippen LogP contribution is 2.34. The van der Waals surface area contributed by atoms with E-state index in [0.717, 1.165) is 27.2 Å². The Morgan fingerprint density at radius 1 is 1.08 bits per heavy atom. The summed E-state index contributed by atoms with van der Waals surface area (Å²) in [4.78, 5) is 22.1. The Morgan fingerprint density at radius 2 is 1.89 bits per heavy atom. The smallest absolute Gasteiger partial charge is 0.230 e. The number of aromatic nitrogens is 4. The molecule has 186 valence electrons. The lowest BCUT2D eigenvalue weighted by Gasteiger charge is -2.07. The Bertz CT molecular complexity index is 1740. The highest BCUT2D eigenvalue weighted by molar-refractivity contribution is 7.92. The number of pyridine rings is 1. The Morgan fingerprint density at radius 3 is 2.65 bits per heavy atom. The second kappa shape index (κ2) is 9.20. The number of sulfone groups is 1. The van der Waals surface area contributed by atoms with Crippen LogP contribution in [0, 0.1) is 6.92 Å². The topological polar surface area (TPSA) is 107 Å². The molecule has 5 aromatic rings. The number of benzene rings is 2. The van der Waals surface area contributed by atoms with Crippen LogP contribution in [0.3, 0.4) is 0 Å². The summed E-state index contributed by atoms with van der Waals surface area (Å²) in [6, 6.07) is 20.0. The standard InChI is InChI=1S/C27H23N5O3S2/c1-17-3-2-4-26(29-17)32-24(18-5-12-23-25(13-18)36-16-28-23)14-20(31-32)15-27(33)30-19-6-8-21(9-7-19)37(34,35)22-10-11-22/h2-9,12-14,16,22H,10-11,15H2,1H3,(H,30,33). The average molecular weight is 530 g/mol. The minimum absolute atomic E-state index is 0.0523. The minimum atomic E-state index is -3.26. The molecule has 1 aliphatic rings. The van der Waals surface area contributed by atoms with Gasteiger partial charge in [-0.25, -0.2) is 23.1 Å². The van der Waals surface area contributed by atoms with Crippen molar-refractivity contribution >= 4 is 43.0 Å². The molecule has 37 heavy (non-hydrogen) atoms. The Kier molecular flexibility index (Phi) is 5.85. The van der Waals surface area contributed by atoms with Crippen molar-refractivity contribution in [1.29, 1.82) is 0 Å². The molecule has 6 rings (SSSR count). The van der Waals surface area contributed by atoms with Gasteiger partial charge in [0.2, 0.25) is 5.91 Å². The number of carbonyl (C=O) groups is 1. The molecule has 3 heterocycles.